The summed E-state index contributed by atoms with van der Waals surface area (Å²) in [6.45, 7) is 4.08. The molecule has 1 heterocycles. The molecule has 0 aliphatic rings. The van der Waals surface area contributed by atoms with Gasteiger partial charge >= 0.3 is 0 Å². The zero-order valence-electron chi connectivity index (χ0n) is 19.0. The van der Waals surface area contributed by atoms with Gasteiger partial charge in [-0.1, -0.05) is 6.07 Å². The molecule has 1 aromatic heterocycles. The topological polar surface area (TPSA) is 53.8 Å². The highest BCUT2D eigenvalue weighted by Crippen LogP contribution is 2.31. The second-order valence-electron chi connectivity index (χ2n) is 8.40. The fraction of sp³-hybridized carbons (Fsp3) is 0.417. The number of fused-ring (bicyclic) bond motifs is 3. The van der Waals surface area contributed by atoms with Gasteiger partial charge in [-0.2, -0.15) is 0 Å². The summed E-state index contributed by atoms with van der Waals surface area (Å²) in [5.41, 5.74) is 2.74. The summed E-state index contributed by atoms with van der Waals surface area (Å²) in [5, 5.41) is 1.83. The molecule has 31 heavy (non-hydrogen) atoms. The van der Waals surface area contributed by atoms with Crippen LogP contribution in [0.3, 0.4) is 0 Å². The lowest BCUT2D eigenvalue weighted by atomic mass is 10.00. The number of hydrogen-bond acceptors (Lipinski definition) is 5. The molecule has 0 N–H and O–H groups in total. The summed E-state index contributed by atoms with van der Waals surface area (Å²) in [7, 11) is 7.89. The molecular formula is C24H32Cl2N2O3. The largest absolute Gasteiger partial charge is 0.456 e. The Morgan fingerprint density at radius 2 is 1.23 bits per heavy atom. The molecule has 0 aliphatic carbocycles. The van der Waals surface area contributed by atoms with E-state index in [1.54, 1.807) is 0 Å². The molecule has 3 aromatic rings. The van der Waals surface area contributed by atoms with Gasteiger partial charge in [0.2, 0.25) is 0 Å². The average Bonchev–Trinajstić information content (AvgIpc) is 3.04. The van der Waals surface area contributed by atoms with Crippen molar-refractivity contribution in [2.45, 2.75) is 38.8 Å². The summed E-state index contributed by atoms with van der Waals surface area (Å²) in [6, 6.07) is 11.5. The Bertz CT molecular complexity index is 1060. The number of furan rings is 1. The molecule has 170 valence electrons. The second kappa shape index (κ2) is 11.1. The van der Waals surface area contributed by atoms with Gasteiger partial charge in [-0.25, -0.2) is 0 Å². The third kappa shape index (κ3) is 6.07. The second-order valence-corrected chi connectivity index (χ2v) is 8.40. The highest BCUT2D eigenvalue weighted by molar-refractivity contribution is 6.10. The maximum Gasteiger partial charge on any atom is 0.164 e. The minimum atomic E-state index is 0. The standard InChI is InChI=1S/C24H30N2O3.2ClH/c1-15(25(3)4)11-21(27)17-8-10-23-20(13-17)19-9-7-18(14-24(19)29-23)22(28)12-16(2)26(5)6;;/h7-10,13-16H,11-12H2,1-6H3;2*1H. The summed E-state index contributed by atoms with van der Waals surface area (Å²) < 4.78 is 5.97. The van der Waals surface area contributed by atoms with Gasteiger partial charge in [0.25, 0.3) is 0 Å². The molecule has 3 rings (SSSR count). The van der Waals surface area contributed by atoms with Crippen LogP contribution in [0.4, 0.5) is 0 Å². The van der Waals surface area contributed by atoms with Crippen molar-refractivity contribution in [1.82, 2.24) is 9.80 Å². The Morgan fingerprint density at radius 1 is 0.742 bits per heavy atom. The molecule has 0 aliphatic heterocycles. The number of carbonyl (C=O) groups is 2. The Balaban J connectivity index is 0.00000240. The Hall–Kier alpha value is -1.92. The Kier molecular flexibility index (Phi) is 9.70. The Morgan fingerprint density at radius 3 is 1.74 bits per heavy atom. The van der Waals surface area contributed by atoms with Gasteiger partial charge < -0.3 is 14.2 Å². The lowest BCUT2D eigenvalue weighted by molar-refractivity contribution is 0.0942. The fourth-order valence-electron chi connectivity index (χ4n) is 3.26. The molecule has 0 bridgehead atoms. The van der Waals surface area contributed by atoms with Crippen molar-refractivity contribution in [3.63, 3.8) is 0 Å². The molecule has 5 nitrogen and oxygen atoms in total. The van der Waals surface area contributed by atoms with Crippen LogP contribution < -0.4 is 0 Å². The Labute approximate surface area is 196 Å². The quantitative estimate of drug-likeness (QED) is 0.411. The highest BCUT2D eigenvalue weighted by Gasteiger charge is 2.17. The number of halogens is 2. The summed E-state index contributed by atoms with van der Waals surface area (Å²) >= 11 is 0. The van der Waals surface area contributed by atoms with E-state index in [1.807, 2.05) is 88.2 Å². The number of benzene rings is 2. The lowest BCUT2D eigenvalue weighted by Crippen LogP contribution is -2.27. The number of Topliss-reactive ketones (excluding diaryl/α,β-unsaturated/α-hetero) is 2. The highest BCUT2D eigenvalue weighted by atomic mass is 35.5. The van der Waals surface area contributed by atoms with Gasteiger partial charge in [-0.3, -0.25) is 9.59 Å². The fourth-order valence-corrected chi connectivity index (χ4v) is 3.26. The predicted octanol–water partition coefficient (Wildman–Crippen LogP) is 5.48. The average molecular weight is 467 g/mol. The monoisotopic (exact) mass is 466 g/mol. The van der Waals surface area contributed by atoms with E-state index < -0.39 is 0 Å². The molecule has 2 atom stereocenters. The van der Waals surface area contributed by atoms with Crippen molar-refractivity contribution in [3.8, 4) is 0 Å². The summed E-state index contributed by atoms with van der Waals surface area (Å²) in [5.74, 6) is 0.217. The van der Waals surface area contributed by atoms with Gasteiger partial charge in [0, 0.05) is 46.8 Å². The van der Waals surface area contributed by atoms with E-state index in [0.717, 1.165) is 16.4 Å². The first-order chi connectivity index (χ1) is 13.7. The molecule has 0 fully saturated rings. The molecule has 0 saturated carbocycles. The van der Waals surface area contributed by atoms with Crippen molar-refractivity contribution in [2.24, 2.45) is 0 Å². The number of nitrogens with zero attached hydrogens (tertiary/aromatic N) is 2. The van der Waals surface area contributed by atoms with Crippen LogP contribution in [0.5, 0.6) is 0 Å². The molecule has 0 radical (unpaired) electrons. The van der Waals surface area contributed by atoms with E-state index in [-0.39, 0.29) is 48.5 Å². The SMILES string of the molecule is CC(CC(=O)c1ccc2c(c1)oc1ccc(C(=O)CC(C)N(C)C)cc12)N(C)C.Cl.Cl. The van der Waals surface area contributed by atoms with Crippen molar-refractivity contribution in [3.05, 3.63) is 47.5 Å². The minimum Gasteiger partial charge on any atom is -0.456 e. The van der Waals surface area contributed by atoms with E-state index in [9.17, 15) is 9.59 Å². The van der Waals surface area contributed by atoms with Crippen LogP contribution >= 0.6 is 24.8 Å². The first-order valence-electron chi connectivity index (χ1n) is 10.0. The van der Waals surface area contributed by atoms with Gasteiger partial charge in [-0.15, -0.1) is 24.8 Å². The van der Waals surface area contributed by atoms with Crippen LogP contribution in [0.25, 0.3) is 21.9 Å². The normalized spacial score (nSPS) is 13.2. The first kappa shape index (κ1) is 27.1. The van der Waals surface area contributed by atoms with Crippen molar-refractivity contribution < 1.29 is 14.0 Å². The number of carbonyl (C=O) groups excluding carboxylic acids is 2. The van der Waals surface area contributed by atoms with E-state index in [1.165, 1.54) is 0 Å². The number of ketones is 2. The maximum absolute atomic E-state index is 12.7. The number of hydrogen-bond donors (Lipinski definition) is 0. The predicted molar refractivity (Wildman–Crippen MR) is 132 cm³/mol. The summed E-state index contributed by atoms with van der Waals surface area (Å²) in [4.78, 5) is 29.3. The van der Waals surface area contributed by atoms with Crippen molar-refractivity contribution >= 4 is 58.3 Å². The van der Waals surface area contributed by atoms with Gasteiger partial charge in [-0.05, 0) is 72.4 Å². The van der Waals surface area contributed by atoms with E-state index in [2.05, 4.69) is 0 Å². The van der Waals surface area contributed by atoms with E-state index in [4.69, 9.17) is 4.42 Å². The van der Waals surface area contributed by atoms with Gasteiger partial charge in [0.15, 0.2) is 11.6 Å². The molecular weight excluding hydrogens is 435 g/mol. The van der Waals surface area contributed by atoms with Crippen LogP contribution in [-0.2, 0) is 0 Å². The zero-order valence-corrected chi connectivity index (χ0v) is 20.6. The maximum atomic E-state index is 12.7. The van der Waals surface area contributed by atoms with Gasteiger partial charge in [0.05, 0.1) is 0 Å². The third-order valence-electron chi connectivity index (χ3n) is 5.84. The van der Waals surface area contributed by atoms with Crippen LogP contribution in [0.15, 0.2) is 40.8 Å². The molecule has 0 saturated heterocycles. The van der Waals surface area contributed by atoms with Crippen LogP contribution in [-0.4, -0.2) is 61.6 Å². The van der Waals surface area contributed by atoms with Gasteiger partial charge in [0.1, 0.15) is 11.2 Å². The molecule has 0 spiro atoms. The van der Waals surface area contributed by atoms with Crippen molar-refractivity contribution in [1.29, 1.82) is 0 Å². The van der Waals surface area contributed by atoms with Crippen molar-refractivity contribution in [2.75, 3.05) is 28.2 Å². The van der Waals surface area contributed by atoms with Crippen LogP contribution in [0, 0.1) is 0 Å². The number of rotatable bonds is 8. The lowest BCUT2D eigenvalue weighted by Gasteiger charge is -2.18. The molecule has 2 unspecified atom stereocenters. The molecule has 2 aromatic carbocycles. The van der Waals surface area contributed by atoms with Crippen LogP contribution in [0.1, 0.15) is 47.4 Å². The minimum absolute atomic E-state index is 0. The molecule has 7 heteroatoms. The van der Waals surface area contributed by atoms with Crippen LogP contribution in [0.2, 0.25) is 0 Å². The third-order valence-corrected chi connectivity index (χ3v) is 5.84. The van der Waals surface area contributed by atoms with E-state index in [0.29, 0.717) is 29.6 Å². The first-order valence-corrected chi connectivity index (χ1v) is 10.0. The smallest absolute Gasteiger partial charge is 0.164 e. The zero-order chi connectivity index (χ0) is 21.3. The molecule has 0 amide bonds. The van der Waals surface area contributed by atoms with E-state index >= 15 is 0 Å². The summed E-state index contributed by atoms with van der Waals surface area (Å²) in [6.07, 6.45) is 0.929.